The summed E-state index contributed by atoms with van der Waals surface area (Å²) < 4.78 is 53.1. The Bertz CT molecular complexity index is 620. The average Bonchev–Trinajstić information content (AvgIpc) is 2.52. The lowest BCUT2D eigenvalue weighted by Crippen LogP contribution is -2.17. The van der Waals surface area contributed by atoms with Crippen LogP contribution in [-0.4, -0.2) is 16.6 Å². The first kappa shape index (κ1) is 18.6. The zero-order valence-corrected chi connectivity index (χ0v) is 11.6. The quantitative estimate of drug-likeness (QED) is 0.506. The summed E-state index contributed by atoms with van der Waals surface area (Å²) in [6, 6.07) is 6.38. The van der Waals surface area contributed by atoms with Gasteiger partial charge in [0, 0.05) is 24.5 Å². The normalized spacial score (nSPS) is 10.6. The van der Waals surface area contributed by atoms with Crippen LogP contribution in [0.25, 0.3) is 0 Å². The van der Waals surface area contributed by atoms with Gasteiger partial charge in [0.15, 0.2) is 11.6 Å². The monoisotopic (exact) mass is 334 g/mol. The van der Waals surface area contributed by atoms with Crippen molar-refractivity contribution in [2.24, 2.45) is 11.6 Å². The number of hydrogen-bond donors (Lipinski definition) is 4. The maximum Gasteiger partial charge on any atom is 0.573 e. The third-order valence-electron chi connectivity index (χ3n) is 2.49. The van der Waals surface area contributed by atoms with Gasteiger partial charge in [-0.05, 0) is 23.8 Å². The van der Waals surface area contributed by atoms with E-state index in [2.05, 4.69) is 20.9 Å². The molecule has 6 nitrogen and oxygen atoms in total. The van der Waals surface area contributed by atoms with Gasteiger partial charge in [-0.3, -0.25) is 0 Å². The lowest BCUT2D eigenvalue weighted by Gasteiger charge is -2.11. The number of ether oxygens (including phenoxy) is 1. The molecule has 2 aromatic rings. The highest BCUT2D eigenvalue weighted by Crippen LogP contribution is 2.28. The van der Waals surface area contributed by atoms with E-state index in [9.17, 15) is 17.6 Å². The van der Waals surface area contributed by atoms with Crippen molar-refractivity contribution in [2.75, 3.05) is 5.32 Å². The number of hydrogen-bond acceptors (Lipinski definition) is 6. The summed E-state index contributed by atoms with van der Waals surface area (Å²) in [7, 11) is 0. The van der Waals surface area contributed by atoms with Gasteiger partial charge in [0.25, 0.3) is 0 Å². The molecule has 126 valence electrons. The van der Waals surface area contributed by atoms with Gasteiger partial charge in [-0.2, -0.15) is 0 Å². The van der Waals surface area contributed by atoms with E-state index in [0.29, 0.717) is 12.4 Å². The molecule has 10 heteroatoms. The van der Waals surface area contributed by atoms with Crippen molar-refractivity contribution in [1.82, 2.24) is 4.98 Å². The van der Waals surface area contributed by atoms with E-state index >= 15 is 0 Å². The summed E-state index contributed by atoms with van der Waals surface area (Å²) in [5.41, 5.74) is 6.49. The number of alkyl halides is 3. The predicted molar refractivity (Wildman–Crippen MR) is 74.5 cm³/mol. The smallest absolute Gasteiger partial charge is 0.403 e. The van der Waals surface area contributed by atoms with Crippen LogP contribution in [0.15, 0.2) is 36.5 Å². The standard InChI is InChI=1S/C13H11F4N3O.H3NO/c14-10-5-9(2-3-11(10)21-13(15,16)17)20-12-4-1-8(6-18)7-19-12;1-2/h1-5,7H,6,18H2,(H,19,20);2H,1H2. The fraction of sp³-hybridized carbons (Fsp3) is 0.154. The fourth-order valence-corrected chi connectivity index (χ4v) is 1.55. The van der Waals surface area contributed by atoms with E-state index in [1.165, 1.54) is 6.07 Å². The molecule has 0 aliphatic heterocycles. The molecule has 0 saturated carbocycles. The molecule has 0 spiro atoms. The van der Waals surface area contributed by atoms with Gasteiger partial charge in [0.2, 0.25) is 0 Å². The van der Waals surface area contributed by atoms with Crippen LogP contribution in [0.2, 0.25) is 0 Å². The summed E-state index contributed by atoms with van der Waals surface area (Å²) >= 11 is 0. The van der Waals surface area contributed by atoms with Crippen LogP contribution in [0.4, 0.5) is 29.1 Å². The van der Waals surface area contributed by atoms with Crippen molar-refractivity contribution >= 4 is 11.5 Å². The van der Waals surface area contributed by atoms with Gasteiger partial charge in [-0.25, -0.2) is 15.3 Å². The molecule has 6 N–H and O–H groups in total. The number of aromatic nitrogens is 1. The number of nitrogens with two attached hydrogens (primary N) is 2. The molecule has 0 aliphatic rings. The van der Waals surface area contributed by atoms with Crippen molar-refractivity contribution < 1.29 is 27.5 Å². The second-order valence-corrected chi connectivity index (χ2v) is 4.07. The molecule has 2 rings (SSSR count). The molecule has 23 heavy (non-hydrogen) atoms. The number of nitrogens with zero attached hydrogens (tertiary/aromatic N) is 1. The first-order valence-corrected chi connectivity index (χ1v) is 6.10. The van der Waals surface area contributed by atoms with Crippen LogP contribution in [0.5, 0.6) is 5.75 Å². The summed E-state index contributed by atoms with van der Waals surface area (Å²) in [4.78, 5) is 4.03. The van der Waals surface area contributed by atoms with Crippen LogP contribution >= 0.6 is 0 Å². The SMILES string of the molecule is NCc1ccc(Nc2ccc(OC(F)(F)F)c(F)c2)nc1.NO. The lowest BCUT2D eigenvalue weighted by molar-refractivity contribution is -0.275. The molecule has 1 heterocycles. The highest BCUT2D eigenvalue weighted by molar-refractivity contribution is 5.57. The van der Waals surface area contributed by atoms with Crippen molar-refractivity contribution in [3.05, 3.63) is 47.9 Å². The molecular weight excluding hydrogens is 320 g/mol. The van der Waals surface area contributed by atoms with Gasteiger partial charge < -0.3 is 21.0 Å². The Kier molecular flexibility index (Phi) is 6.69. The zero-order valence-electron chi connectivity index (χ0n) is 11.6. The number of rotatable bonds is 4. The van der Waals surface area contributed by atoms with Crippen LogP contribution in [0.3, 0.4) is 0 Å². The lowest BCUT2D eigenvalue weighted by atomic mass is 10.2. The average molecular weight is 334 g/mol. The topological polar surface area (TPSA) is 106 Å². The zero-order chi connectivity index (χ0) is 17.5. The first-order valence-electron chi connectivity index (χ1n) is 6.10. The van der Waals surface area contributed by atoms with Gasteiger partial charge >= 0.3 is 6.36 Å². The van der Waals surface area contributed by atoms with Crippen molar-refractivity contribution in [2.45, 2.75) is 12.9 Å². The molecule has 1 aromatic carbocycles. The Morgan fingerprint density at radius 3 is 2.35 bits per heavy atom. The van der Waals surface area contributed by atoms with Crippen LogP contribution in [0.1, 0.15) is 5.56 Å². The summed E-state index contributed by atoms with van der Waals surface area (Å²) in [6.07, 6.45) is -3.39. The molecule has 0 saturated heterocycles. The highest BCUT2D eigenvalue weighted by Gasteiger charge is 2.32. The van der Waals surface area contributed by atoms with E-state index in [-0.39, 0.29) is 5.69 Å². The Balaban J connectivity index is 0.00000127. The van der Waals surface area contributed by atoms with Crippen LogP contribution < -0.4 is 21.7 Å². The maximum atomic E-state index is 13.5. The third kappa shape index (κ3) is 6.06. The van der Waals surface area contributed by atoms with Gasteiger partial charge in [-0.1, -0.05) is 6.07 Å². The van der Waals surface area contributed by atoms with Crippen LogP contribution in [-0.2, 0) is 6.54 Å². The fourth-order valence-electron chi connectivity index (χ4n) is 1.55. The molecule has 0 aliphatic carbocycles. The van der Waals surface area contributed by atoms with Crippen molar-refractivity contribution in [3.8, 4) is 5.75 Å². The third-order valence-corrected chi connectivity index (χ3v) is 2.49. The molecule has 0 unspecified atom stereocenters. The maximum absolute atomic E-state index is 13.5. The minimum atomic E-state index is -4.94. The second kappa shape index (κ2) is 8.27. The molecule has 1 aromatic heterocycles. The van der Waals surface area contributed by atoms with Crippen LogP contribution in [0, 0.1) is 5.82 Å². The molecule has 0 fully saturated rings. The summed E-state index contributed by atoms with van der Waals surface area (Å²) in [5.74, 6) is 1.89. The molecule has 0 atom stereocenters. The summed E-state index contributed by atoms with van der Waals surface area (Å²) in [5, 5.41) is 9.26. The van der Waals surface area contributed by atoms with E-state index in [4.69, 9.17) is 10.9 Å². The molecule has 0 radical (unpaired) electrons. The van der Waals surface area contributed by atoms with Gasteiger partial charge in [0.1, 0.15) is 5.82 Å². The predicted octanol–water partition coefficient (Wildman–Crippen LogP) is 2.66. The van der Waals surface area contributed by atoms with Crippen molar-refractivity contribution in [3.63, 3.8) is 0 Å². The summed E-state index contributed by atoms with van der Waals surface area (Å²) in [6.45, 7) is 0.339. The number of anilines is 2. The van der Waals surface area contributed by atoms with E-state index in [1.54, 1.807) is 18.3 Å². The Morgan fingerprint density at radius 2 is 1.87 bits per heavy atom. The Labute approximate surface area is 128 Å². The number of halogens is 4. The molecular formula is C13H14F4N4O2. The molecule has 0 bridgehead atoms. The first-order chi connectivity index (χ1) is 10.9. The van der Waals surface area contributed by atoms with Gasteiger partial charge in [-0.15, -0.1) is 13.2 Å². The number of nitrogens with one attached hydrogen (secondary N) is 1. The number of benzene rings is 1. The minimum Gasteiger partial charge on any atom is -0.403 e. The Morgan fingerprint density at radius 1 is 1.17 bits per heavy atom. The highest BCUT2D eigenvalue weighted by atomic mass is 19.4. The van der Waals surface area contributed by atoms with E-state index < -0.39 is 17.9 Å². The minimum absolute atomic E-state index is 0.245. The molecule has 0 amide bonds. The van der Waals surface area contributed by atoms with Gasteiger partial charge in [0.05, 0.1) is 0 Å². The van der Waals surface area contributed by atoms with Crippen molar-refractivity contribution in [1.29, 1.82) is 0 Å². The second-order valence-electron chi connectivity index (χ2n) is 4.07. The van der Waals surface area contributed by atoms with E-state index in [1.807, 2.05) is 0 Å². The van der Waals surface area contributed by atoms with E-state index in [0.717, 1.165) is 17.7 Å². The largest absolute Gasteiger partial charge is 0.573 e. The number of pyridine rings is 1. The Hall–Kier alpha value is -2.43.